The van der Waals surface area contributed by atoms with Crippen molar-refractivity contribution in [3.8, 4) is 0 Å². The molecule has 0 saturated carbocycles. The number of carbonyl (C=O) groups excluding carboxylic acids is 2. The molecule has 26 heavy (non-hydrogen) atoms. The maximum atomic E-state index is 12.5. The average molecular weight is 368 g/mol. The van der Waals surface area contributed by atoms with Crippen molar-refractivity contribution in [2.75, 3.05) is 7.11 Å². The van der Waals surface area contributed by atoms with Crippen LogP contribution >= 0.6 is 11.3 Å². The van der Waals surface area contributed by atoms with Gasteiger partial charge >= 0.3 is 5.97 Å². The molecule has 5 nitrogen and oxygen atoms in total. The summed E-state index contributed by atoms with van der Waals surface area (Å²) >= 11 is 1.39. The first-order valence-corrected chi connectivity index (χ1v) is 9.08. The quantitative estimate of drug-likeness (QED) is 0.665. The number of esters is 1. The minimum Gasteiger partial charge on any atom is -0.468 e. The van der Waals surface area contributed by atoms with Crippen molar-refractivity contribution in [2.45, 2.75) is 26.8 Å². The summed E-state index contributed by atoms with van der Waals surface area (Å²) in [5.74, 6) is -0.610. The van der Waals surface area contributed by atoms with Crippen LogP contribution < -0.4 is 4.80 Å². The Morgan fingerprint density at radius 2 is 1.92 bits per heavy atom. The molecule has 0 atom stereocenters. The Labute approximate surface area is 155 Å². The highest BCUT2D eigenvalue weighted by molar-refractivity contribution is 7.16. The third-order valence-electron chi connectivity index (χ3n) is 4.17. The average Bonchev–Trinajstić information content (AvgIpc) is 2.95. The minimum atomic E-state index is -0.378. The number of methoxy groups -OCH3 is 1. The van der Waals surface area contributed by atoms with E-state index in [1.54, 1.807) is 4.57 Å². The molecule has 0 unspecified atom stereocenters. The fourth-order valence-electron chi connectivity index (χ4n) is 2.75. The fraction of sp³-hybridized carbons (Fsp3) is 0.250. The van der Waals surface area contributed by atoms with E-state index in [1.165, 1.54) is 18.4 Å². The van der Waals surface area contributed by atoms with Crippen molar-refractivity contribution in [2.24, 2.45) is 4.99 Å². The number of para-hydroxylation sites is 1. The largest absolute Gasteiger partial charge is 0.468 e. The Bertz CT molecular complexity index is 1050. The Morgan fingerprint density at radius 1 is 1.15 bits per heavy atom. The van der Waals surface area contributed by atoms with E-state index >= 15 is 0 Å². The Kier molecular flexibility index (Phi) is 5.32. The Morgan fingerprint density at radius 3 is 2.69 bits per heavy atom. The molecule has 3 aromatic rings. The van der Waals surface area contributed by atoms with Crippen LogP contribution in [-0.4, -0.2) is 23.6 Å². The van der Waals surface area contributed by atoms with E-state index in [0.717, 1.165) is 26.9 Å². The molecule has 0 saturated heterocycles. The molecule has 0 aliphatic heterocycles. The molecule has 2 aromatic carbocycles. The third kappa shape index (κ3) is 3.91. The standard InChI is InChI=1S/C20H20N2O3S/c1-13-8-9-14(2)15(10-13)11-18(23)21-20-22(12-19(24)25-3)16-6-4-5-7-17(16)26-20/h4-10H,11-12H2,1-3H3. The number of ether oxygens (including phenoxy) is 1. The number of thiazole rings is 1. The number of hydrogen-bond donors (Lipinski definition) is 0. The molecule has 0 spiro atoms. The summed E-state index contributed by atoms with van der Waals surface area (Å²) in [5, 5.41) is 0. The molecular formula is C20H20N2O3S. The lowest BCUT2D eigenvalue weighted by atomic mass is 10.0. The highest BCUT2D eigenvalue weighted by Crippen LogP contribution is 2.17. The van der Waals surface area contributed by atoms with Gasteiger partial charge in [0, 0.05) is 0 Å². The van der Waals surface area contributed by atoms with Gasteiger partial charge < -0.3 is 9.30 Å². The fourth-order valence-corrected chi connectivity index (χ4v) is 3.80. The molecule has 0 aliphatic rings. The van der Waals surface area contributed by atoms with Gasteiger partial charge in [0.25, 0.3) is 5.91 Å². The zero-order chi connectivity index (χ0) is 18.7. The zero-order valence-electron chi connectivity index (χ0n) is 15.0. The van der Waals surface area contributed by atoms with Crippen molar-refractivity contribution in [1.29, 1.82) is 0 Å². The van der Waals surface area contributed by atoms with Crippen LogP contribution in [0.2, 0.25) is 0 Å². The van der Waals surface area contributed by atoms with Gasteiger partial charge in [-0.25, -0.2) is 0 Å². The number of benzene rings is 2. The van der Waals surface area contributed by atoms with Crippen LogP contribution in [0.25, 0.3) is 10.2 Å². The second kappa shape index (κ2) is 7.66. The maximum Gasteiger partial charge on any atom is 0.325 e. The molecular weight excluding hydrogens is 348 g/mol. The van der Waals surface area contributed by atoms with Crippen molar-refractivity contribution in [3.05, 3.63) is 64.0 Å². The summed E-state index contributed by atoms with van der Waals surface area (Å²) in [6.07, 6.45) is 0.236. The van der Waals surface area contributed by atoms with Crippen LogP contribution in [0.15, 0.2) is 47.5 Å². The summed E-state index contributed by atoms with van der Waals surface area (Å²) in [6.45, 7) is 4.01. The van der Waals surface area contributed by atoms with Crippen molar-refractivity contribution >= 4 is 33.4 Å². The summed E-state index contributed by atoms with van der Waals surface area (Å²) < 4.78 is 7.47. The zero-order valence-corrected chi connectivity index (χ0v) is 15.8. The lowest BCUT2D eigenvalue weighted by molar-refractivity contribution is -0.141. The first-order valence-electron chi connectivity index (χ1n) is 8.27. The first-order chi connectivity index (χ1) is 12.5. The van der Waals surface area contributed by atoms with Gasteiger partial charge in [-0.05, 0) is 37.1 Å². The molecule has 1 heterocycles. The SMILES string of the molecule is COC(=O)Cn1c(=NC(=O)Cc2cc(C)ccc2C)sc2ccccc21. The van der Waals surface area contributed by atoms with Crippen molar-refractivity contribution < 1.29 is 14.3 Å². The van der Waals surface area contributed by atoms with Crippen LogP contribution in [0, 0.1) is 13.8 Å². The number of nitrogens with zero attached hydrogens (tertiary/aromatic N) is 2. The van der Waals surface area contributed by atoms with E-state index in [-0.39, 0.29) is 24.8 Å². The predicted octanol–water partition coefficient (Wildman–Crippen LogP) is 3.16. The highest BCUT2D eigenvalue weighted by atomic mass is 32.1. The minimum absolute atomic E-state index is 0.0239. The van der Waals surface area contributed by atoms with Crippen molar-refractivity contribution in [1.82, 2.24) is 4.57 Å². The summed E-state index contributed by atoms with van der Waals surface area (Å²) in [6, 6.07) is 13.7. The van der Waals surface area contributed by atoms with Crippen molar-refractivity contribution in [3.63, 3.8) is 0 Å². The molecule has 0 N–H and O–H groups in total. The molecule has 0 radical (unpaired) electrons. The van der Waals surface area contributed by atoms with E-state index in [2.05, 4.69) is 4.99 Å². The van der Waals surface area contributed by atoms with Gasteiger partial charge in [0.1, 0.15) is 6.54 Å². The van der Waals surface area contributed by atoms with Gasteiger partial charge in [-0.2, -0.15) is 4.99 Å². The summed E-state index contributed by atoms with van der Waals surface area (Å²) in [7, 11) is 1.35. The molecule has 3 rings (SSSR count). The Balaban J connectivity index is 2.00. The number of aryl methyl sites for hydroxylation is 2. The number of rotatable bonds is 4. The first kappa shape index (κ1) is 18.1. The predicted molar refractivity (Wildman–Crippen MR) is 102 cm³/mol. The summed E-state index contributed by atoms with van der Waals surface area (Å²) in [5.41, 5.74) is 4.01. The molecule has 134 valence electrons. The number of amides is 1. The van der Waals surface area contributed by atoms with Crippen LogP contribution in [0.4, 0.5) is 0 Å². The molecule has 0 bridgehead atoms. The maximum absolute atomic E-state index is 12.5. The molecule has 1 amide bonds. The van der Waals surface area contributed by atoms with Gasteiger partial charge in [0.05, 0.1) is 23.7 Å². The van der Waals surface area contributed by atoms with Crippen LogP contribution in [0.5, 0.6) is 0 Å². The van der Waals surface area contributed by atoms with Crippen LogP contribution in [0.3, 0.4) is 0 Å². The monoisotopic (exact) mass is 368 g/mol. The number of aromatic nitrogens is 1. The molecule has 1 aromatic heterocycles. The van der Waals surface area contributed by atoms with E-state index < -0.39 is 0 Å². The summed E-state index contributed by atoms with van der Waals surface area (Å²) in [4.78, 5) is 29.1. The second-order valence-electron chi connectivity index (χ2n) is 6.13. The van der Waals surface area contributed by atoms with E-state index in [0.29, 0.717) is 4.80 Å². The number of fused-ring (bicyclic) bond motifs is 1. The van der Waals surface area contributed by atoms with Crippen LogP contribution in [0.1, 0.15) is 16.7 Å². The number of carbonyl (C=O) groups is 2. The van der Waals surface area contributed by atoms with Gasteiger partial charge in [-0.3, -0.25) is 9.59 Å². The highest BCUT2D eigenvalue weighted by Gasteiger charge is 2.12. The van der Waals surface area contributed by atoms with Gasteiger partial charge in [-0.15, -0.1) is 0 Å². The second-order valence-corrected chi connectivity index (χ2v) is 7.14. The lowest BCUT2D eigenvalue weighted by Crippen LogP contribution is -2.22. The van der Waals surface area contributed by atoms with Gasteiger partial charge in [0.2, 0.25) is 0 Å². The smallest absolute Gasteiger partial charge is 0.325 e. The van der Waals surface area contributed by atoms with E-state index in [4.69, 9.17) is 4.74 Å². The van der Waals surface area contributed by atoms with E-state index in [9.17, 15) is 9.59 Å². The molecule has 6 heteroatoms. The normalized spacial score (nSPS) is 11.7. The van der Waals surface area contributed by atoms with Crippen LogP contribution in [-0.2, 0) is 27.3 Å². The topological polar surface area (TPSA) is 60.7 Å². The van der Waals surface area contributed by atoms with Gasteiger partial charge in [-0.1, -0.05) is 47.2 Å². The van der Waals surface area contributed by atoms with Gasteiger partial charge in [0.15, 0.2) is 4.80 Å². The molecule has 0 aliphatic carbocycles. The Hall–Kier alpha value is -2.73. The number of hydrogen-bond acceptors (Lipinski definition) is 4. The molecule has 0 fully saturated rings. The van der Waals surface area contributed by atoms with E-state index in [1.807, 2.05) is 56.3 Å². The third-order valence-corrected chi connectivity index (χ3v) is 5.23. The lowest BCUT2D eigenvalue weighted by Gasteiger charge is -2.05.